The molecule has 1 aliphatic carbocycles. The zero-order valence-corrected chi connectivity index (χ0v) is 11.8. The Hall–Kier alpha value is -0.770. The minimum atomic E-state index is -0.212. The highest BCUT2D eigenvalue weighted by Gasteiger charge is 2.46. The average molecular weight is 270 g/mol. The third-order valence-corrected chi connectivity index (χ3v) is 4.23. The third kappa shape index (κ3) is 2.48. The molecule has 3 nitrogen and oxygen atoms in total. The van der Waals surface area contributed by atoms with E-state index in [2.05, 4.69) is 19.2 Å². The molecule has 2 atom stereocenters. The van der Waals surface area contributed by atoms with E-state index in [-0.39, 0.29) is 11.5 Å². The molecule has 100 valence electrons. The molecule has 0 spiro atoms. The van der Waals surface area contributed by atoms with E-state index in [1.165, 1.54) is 0 Å². The zero-order valence-electron chi connectivity index (χ0n) is 11.0. The molecule has 2 N–H and O–H groups in total. The normalized spacial score (nSPS) is 25.6. The highest BCUT2D eigenvalue weighted by Crippen LogP contribution is 2.40. The maximum Gasteiger partial charge on any atom is 0.123 e. The Labute approximate surface area is 113 Å². The predicted molar refractivity (Wildman–Crippen MR) is 73.0 cm³/mol. The van der Waals surface area contributed by atoms with Gasteiger partial charge in [0.15, 0.2) is 0 Å². The lowest BCUT2D eigenvalue weighted by Crippen LogP contribution is -2.59. The summed E-state index contributed by atoms with van der Waals surface area (Å²) in [6, 6.07) is 5.94. The van der Waals surface area contributed by atoms with E-state index >= 15 is 0 Å². The first-order chi connectivity index (χ1) is 8.45. The number of rotatable bonds is 4. The van der Waals surface area contributed by atoms with Gasteiger partial charge in [0.25, 0.3) is 0 Å². The molecule has 0 aromatic heterocycles. The molecule has 0 radical (unpaired) electrons. The summed E-state index contributed by atoms with van der Waals surface area (Å²) in [5, 5.41) is 13.9. The topological polar surface area (TPSA) is 41.5 Å². The van der Waals surface area contributed by atoms with Gasteiger partial charge in [-0.15, -0.1) is 0 Å². The average Bonchev–Trinajstić information content (AvgIpc) is 2.34. The molecular weight excluding hydrogens is 250 g/mol. The quantitative estimate of drug-likeness (QED) is 0.883. The summed E-state index contributed by atoms with van der Waals surface area (Å²) in [5.41, 5.74) is 0.980. The fourth-order valence-corrected chi connectivity index (χ4v) is 2.56. The Morgan fingerprint density at radius 2 is 2.22 bits per heavy atom. The van der Waals surface area contributed by atoms with Gasteiger partial charge < -0.3 is 15.2 Å². The van der Waals surface area contributed by atoms with Gasteiger partial charge in [0, 0.05) is 28.6 Å². The van der Waals surface area contributed by atoms with E-state index in [1.807, 2.05) is 18.2 Å². The molecule has 4 heteroatoms. The number of benzene rings is 1. The van der Waals surface area contributed by atoms with Crippen molar-refractivity contribution in [1.29, 1.82) is 0 Å². The highest BCUT2D eigenvalue weighted by atomic mass is 35.5. The standard InChI is InChI=1S/C14H20ClNO2/c1-14(2)12(7-13(14)17)16-8-9-6-10(15)4-5-11(9)18-3/h4-6,12-13,16-17H,7-8H2,1-3H3. The molecule has 2 unspecified atom stereocenters. The van der Waals surface area contributed by atoms with Crippen LogP contribution in [-0.2, 0) is 6.54 Å². The zero-order chi connectivity index (χ0) is 13.3. The van der Waals surface area contributed by atoms with Crippen LogP contribution in [-0.4, -0.2) is 24.4 Å². The summed E-state index contributed by atoms with van der Waals surface area (Å²) >= 11 is 5.99. The number of nitrogens with one attached hydrogen (secondary N) is 1. The summed E-state index contributed by atoms with van der Waals surface area (Å²) in [6.45, 7) is 4.85. The number of methoxy groups -OCH3 is 1. The number of halogens is 1. The van der Waals surface area contributed by atoms with Crippen LogP contribution in [0.2, 0.25) is 5.02 Å². The van der Waals surface area contributed by atoms with Crippen molar-refractivity contribution in [2.45, 2.75) is 39.0 Å². The Morgan fingerprint density at radius 3 is 2.78 bits per heavy atom. The molecule has 0 heterocycles. The lowest BCUT2D eigenvalue weighted by atomic mass is 9.64. The summed E-state index contributed by atoms with van der Waals surface area (Å²) in [5.74, 6) is 0.838. The van der Waals surface area contributed by atoms with Crippen molar-refractivity contribution in [3.8, 4) is 5.75 Å². The molecular formula is C14H20ClNO2. The van der Waals surface area contributed by atoms with Crippen LogP contribution in [0.5, 0.6) is 5.75 Å². The number of aliphatic hydroxyl groups excluding tert-OH is 1. The van der Waals surface area contributed by atoms with Crippen LogP contribution in [0.4, 0.5) is 0 Å². The largest absolute Gasteiger partial charge is 0.496 e. The lowest BCUT2D eigenvalue weighted by Gasteiger charge is -2.49. The molecule has 0 saturated heterocycles. The van der Waals surface area contributed by atoms with E-state index < -0.39 is 0 Å². The summed E-state index contributed by atoms with van der Waals surface area (Å²) in [7, 11) is 1.66. The molecule has 1 fully saturated rings. The molecule has 18 heavy (non-hydrogen) atoms. The third-order valence-electron chi connectivity index (χ3n) is 4.00. The van der Waals surface area contributed by atoms with E-state index in [4.69, 9.17) is 16.3 Å². The Balaban J connectivity index is 2.01. The number of aliphatic hydroxyl groups is 1. The van der Waals surface area contributed by atoms with Crippen molar-refractivity contribution in [2.75, 3.05) is 7.11 Å². The number of hydrogen-bond acceptors (Lipinski definition) is 3. The fraction of sp³-hybridized carbons (Fsp3) is 0.571. The molecule has 1 aromatic carbocycles. The summed E-state index contributed by atoms with van der Waals surface area (Å²) in [6.07, 6.45) is 0.590. The second-order valence-electron chi connectivity index (χ2n) is 5.46. The van der Waals surface area contributed by atoms with Gasteiger partial charge in [0.2, 0.25) is 0 Å². The second kappa shape index (κ2) is 5.08. The molecule has 1 saturated carbocycles. The van der Waals surface area contributed by atoms with Gasteiger partial charge in [0.1, 0.15) is 5.75 Å². The van der Waals surface area contributed by atoms with Crippen LogP contribution < -0.4 is 10.1 Å². The Bertz CT molecular complexity index is 434. The van der Waals surface area contributed by atoms with Crippen LogP contribution in [0.25, 0.3) is 0 Å². The van der Waals surface area contributed by atoms with E-state index in [0.29, 0.717) is 17.6 Å². The number of hydrogen-bond donors (Lipinski definition) is 2. The van der Waals surface area contributed by atoms with Gasteiger partial charge >= 0.3 is 0 Å². The van der Waals surface area contributed by atoms with Crippen molar-refractivity contribution in [2.24, 2.45) is 5.41 Å². The molecule has 0 aliphatic heterocycles. The van der Waals surface area contributed by atoms with Gasteiger partial charge in [-0.1, -0.05) is 25.4 Å². The monoisotopic (exact) mass is 269 g/mol. The SMILES string of the molecule is COc1ccc(Cl)cc1CNC1CC(O)C1(C)C. The van der Waals surface area contributed by atoms with Gasteiger partial charge in [-0.3, -0.25) is 0 Å². The van der Waals surface area contributed by atoms with Crippen molar-refractivity contribution in [3.63, 3.8) is 0 Å². The Morgan fingerprint density at radius 1 is 1.50 bits per heavy atom. The molecule has 0 amide bonds. The van der Waals surface area contributed by atoms with E-state index in [1.54, 1.807) is 7.11 Å². The van der Waals surface area contributed by atoms with Crippen LogP contribution in [0.15, 0.2) is 18.2 Å². The fourth-order valence-electron chi connectivity index (χ4n) is 2.37. The first kappa shape index (κ1) is 13.7. The smallest absolute Gasteiger partial charge is 0.123 e. The van der Waals surface area contributed by atoms with Gasteiger partial charge in [-0.25, -0.2) is 0 Å². The maximum absolute atomic E-state index is 9.70. The predicted octanol–water partition coefficient (Wildman–Crippen LogP) is 2.60. The Kier molecular flexibility index (Phi) is 3.85. The van der Waals surface area contributed by atoms with Crippen molar-refractivity contribution < 1.29 is 9.84 Å². The molecule has 2 rings (SSSR count). The van der Waals surface area contributed by atoms with Crippen LogP contribution in [0.1, 0.15) is 25.8 Å². The second-order valence-corrected chi connectivity index (χ2v) is 5.90. The van der Waals surface area contributed by atoms with Crippen molar-refractivity contribution in [1.82, 2.24) is 5.32 Å². The minimum absolute atomic E-state index is 0.0637. The van der Waals surface area contributed by atoms with Crippen LogP contribution in [0, 0.1) is 5.41 Å². The maximum atomic E-state index is 9.70. The molecule has 1 aromatic rings. The number of ether oxygens (including phenoxy) is 1. The molecule has 1 aliphatic rings. The molecule has 0 bridgehead atoms. The van der Waals surface area contributed by atoms with Crippen LogP contribution >= 0.6 is 11.6 Å². The van der Waals surface area contributed by atoms with E-state index in [9.17, 15) is 5.11 Å². The van der Waals surface area contributed by atoms with Crippen LogP contribution in [0.3, 0.4) is 0 Å². The minimum Gasteiger partial charge on any atom is -0.496 e. The van der Waals surface area contributed by atoms with Gasteiger partial charge in [0.05, 0.1) is 13.2 Å². The van der Waals surface area contributed by atoms with Crippen molar-refractivity contribution >= 4 is 11.6 Å². The first-order valence-electron chi connectivity index (χ1n) is 6.19. The van der Waals surface area contributed by atoms with Gasteiger partial charge in [-0.2, -0.15) is 0 Å². The lowest BCUT2D eigenvalue weighted by molar-refractivity contribution is -0.0730. The van der Waals surface area contributed by atoms with Gasteiger partial charge in [-0.05, 0) is 24.6 Å². The first-order valence-corrected chi connectivity index (χ1v) is 6.57. The van der Waals surface area contributed by atoms with Crippen molar-refractivity contribution in [3.05, 3.63) is 28.8 Å². The summed E-state index contributed by atoms with van der Waals surface area (Å²) < 4.78 is 5.31. The highest BCUT2D eigenvalue weighted by molar-refractivity contribution is 6.30. The van der Waals surface area contributed by atoms with E-state index in [0.717, 1.165) is 17.7 Å². The summed E-state index contributed by atoms with van der Waals surface area (Å²) in [4.78, 5) is 0.